The summed E-state index contributed by atoms with van der Waals surface area (Å²) in [6.45, 7) is 6.83. The summed E-state index contributed by atoms with van der Waals surface area (Å²) in [5.74, 6) is -2.47. The summed E-state index contributed by atoms with van der Waals surface area (Å²) in [6.07, 6.45) is 0.263. The second-order valence-corrected chi connectivity index (χ2v) is 5.55. The molecule has 0 amide bonds. The first-order valence-electron chi connectivity index (χ1n) is 7.73. The van der Waals surface area contributed by atoms with Crippen LogP contribution in [0, 0.1) is 5.92 Å². The smallest absolute Gasteiger partial charge is 0.306 e. The van der Waals surface area contributed by atoms with Gasteiger partial charge in [-0.15, -0.1) is 0 Å². The van der Waals surface area contributed by atoms with Crippen molar-refractivity contribution in [1.29, 1.82) is 0 Å². The molecule has 0 aromatic carbocycles. The van der Waals surface area contributed by atoms with Crippen LogP contribution >= 0.6 is 0 Å². The van der Waals surface area contributed by atoms with Crippen molar-refractivity contribution in [1.82, 2.24) is 0 Å². The highest BCUT2D eigenvalue weighted by molar-refractivity contribution is 6.39. The molecule has 0 saturated heterocycles. The van der Waals surface area contributed by atoms with Gasteiger partial charge in [0, 0.05) is 19.3 Å². The molecule has 6 nitrogen and oxygen atoms in total. The van der Waals surface area contributed by atoms with E-state index in [0.29, 0.717) is 12.8 Å². The average Bonchev–Trinajstić information content (AvgIpc) is 2.42. The van der Waals surface area contributed by atoms with Gasteiger partial charge in [-0.05, 0) is 18.8 Å². The Morgan fingerprint density at radius 2 is 1.45 bits per heavy atom. The standard InChI is InChI=1S/C16H26O6/c1-5-7-14(18)21-10-13(22-15(19)8-6-2)16(20)12(17)9-11(3)4/h11,13H,5-10H2,1-4H3. The highest BCUT2D eigenvalue weighted by atomic mass is 16.6. The highest BCUT2D eigenvalue weighted by Crippen LogP contribution is 2.07. The van der Waals surface area contributed by atoms with Crippen LogP contribution in [0.2, 0.25) is 0 Å². The van der Waals surface area contributed by atoms with E-state index in [2.05, 4.69) is 0 Å². The van der Waals surface area contributed by atoms with Crippen molar-refractivity contribution in [3.05, 3.63) is 0 Å². The van der Waals surface area contributed by atoms with Gasteiger partial charge in [-0.1, -0.05) is 27.7 Å². The minimum absolute atomic E-state index is 0.0195. The van der Waals surface area contributed by atoms with Gasteiger partial charge < -0.3 is 9.47 Å². The van der Waals surface area contributed by atoms with Crippen molar-refractivity contribution in [2.45, 2.75) is 65.9 Å². The number of rotatable bonds is 11. The summed E-state index contributed by atoms with van der Waals surface area (Å²) in [5.41, 5.74) is 0. The van der Waals surface area contributed by atoms with Gasteiger partial charge in [-0.3, -0.25) is 19.2 Å². The third-order valence-electron chi connectivity index (χ3n) is 2.74. The lowest BCUT2D eigenvalue weighted by molar-refractivity contribution is -0.165. The largest absolute Gasteiger partial charge is 0.461 e. The normalized spacial score (nSPS) is 11.9. The molecule has 0 aliphatic heterocycles. The summed E-state index contributed by atoms with van der Waals surface area (Å²) in [4.78, 5) is 46.8. The number of ether oxygens (including phenoxy) is 2. The minimum Gasteiger partial charge on any atom is -0.461 e. The summed E-state index contributed by atoms with van der Waals surface area (Å²) in [7, 11) is 0. The highest BCUT2D eigenvalue weighted by Gasteiger charge is 2.30. The number of hydrogen-bond acceptors (Lipinski definition) is 6. The van der Waals surface area contributed by atoms with Gasteiger partial charge in [0.25, 0.3) is 0 Å². The molecule has 0 spiro atoms. The molecule has 0 heterocycles. The van der Waals surface area contributed by atoms with Gasteiger partial charge in [0.15, 0.2) is 0 Å². The maximum absolute atomic E-state index is 12.1. The molecular formula is C16H26O6. The number of ketones is 2. The van der Waals surface area contributed by atoms with Gasteiger partial charge in [-0.25, -0.2) is 0 Å². The number of carbonyl (C=O) groups excluding carboxylic acids is 4. The van der Waals surface area contributed by atoms with Crippen molar-refractivity contribution in [3.8, 4) is 0 Å². The van der Waals surface area contributed by atoms with Crippen LogP contribution in [0.15, 0.2) is 0 Å². The minimum atomic E-state index is -1.34. The van der Waals surface area contributed by atoms with E-state index in [4.69, 9.17) is 9.47 Å². The van der Waals surface area contributed by atoms with Crippen molar-refractivity contribution in [2.75, 3.05) is 6.61 Å². The molecule has 0 aromatic rings. The van der Waals surface area contributed by atoms with E-state index in [1.807, 2.05) is 20.8 Å². The topological polar surface area (TPSA) is 86.7 Å². The van der Waals surface area contributed by atoms with Crippen molar-refractivity contribution in [2.24, 2.45) is 5.92 Å². The fraction of sp³-hybridized carbons (Fsp3) is 0.750. The molecule has 126 valence electrons. The molecule has 0 aromatic heterocycles. The van der Waals surface area contributed by atoms with Crippen LogP contribution in [0.5, 0.6) is 0 Å². The first-order valence-corrected chi connectivity index (χ1v) is 7.73. The molecule has 0 aliphatic carbocycles. The van der Waals surface area contributed by atoms with E-state index in [1.165, 1.54) is 0 Å². The Labute approximate surface area is 131 Å². The van der Waals surface area contributed by atoms with E-state index in [1.54, 1.807) is 6.92 Å². The fourth-order valence-corrected chi connectivity index (χ4v) is 1.68. The van der Waals surface area contributed by atoms with Gasteiger partial charge in [0.1, 0.15) is 6.61 Å². The van der Waals surface area contributed by atoms with Gasteiger partial charge in [0.05, 0.1) is 0 Å². The Balaban J connectivity index is 4.76. The molecule has 1 unspecified atom stereocenters. The van der Waals surface area contributed by atoms with Gasteiger partial charge in [-0.2, -0.15) is 0 Å². The lowest BCUT2D eigenvalue weighted by Gasteiger charge is -2.16. The molecule has 0 N–H and O–H groups in total. The first kappa shape index (κ1) is 20.3. The third kappa shape index (κ3) is 8.54. The number of hydrogen-bond donors (Lipinski definition) is 0. The Bertz CT molecular complexity index is 399. The molecule has 0 saturated carbocycles. The average molecular weight is 314 g/mol. The van der Waals surface area contributed by atoms with Crippen LogP contribution in [-0.4, -0.2) is 36.2 Å². The molecule has 1 atom stereocenters. The fourth-order valence-electron chi connectivity index (χ4n) is 1.68. The molecule has 0 fully saturated rings. The molecule has 0 radical (unpaired) electrons. The zero-order chi connectivity index (χ0) is 17.1. The van der Waals surface area contributed by atoms with Crippen molar-refractivity contribution >= 4 is 23.5 Å². The maximum Gasteiger partial charge on any atom is 0.306 e. The first-order chi connectivity index (χ1) is 10.3. The predicted octanol–water partition coefficient (Wildman–Crippen LogP) is 2.23. The predicted molar refractivity (Wildman–Crippen MR) is 80.1 cm³/mol. The Morgan fingerprint density at radius 1 is 0.909 bits per heavy atom. The Hall–Kier alpha value is -1.72. The molecule has 0 bridgehead atoms. The number of esters is 2. The summed E-state index contributed by atoms with van der Waals surface area (Å²) in [5, 5.41) is 0. The van der Waals surface area contributed by atoms with Gasteiger partial charge in [0.2, 0.25) is 17.7 Å². The zero-order valence-electron chi connectivity index (χ0n) is 13.8. The lowest BCUT2D eigenvalue weighted by atomic mass is 10.0. The molecule has 22 heavy (non-hydrogen) atoms. The summed E-state index contributed by atoms with van der Waals surface area (Å²) in [6, 6.07) is 0. The van der Waals surface area contributed by atoms with E-state index < -0.39 is 36.2 Å². The molecule has 6 heteroatoms. The van der Waals surface area contributed by atoms with Crippen LogP contribution < -0.4 is 0 Å². The van der Waals surface area contributed by atoms with Crippen LogP contribution in [0.1, 0.15) is 59.8 Å². The second kappa shape index (κ2) is 10.9. The Kier molecular flexibility index (Phi) is 10.1. The van der Waals surface area contributed by atoms with Crippen molar-refractivity contribution in [3.63, 3.8) is 0 Å². The van der Waals surface area contributed by atoms with Gasteiger partial charge >= 0.3 is 11.9 Å². The van der Waals surface area contributed by atoms with E-state index in [9.17, 15) is 19.2 Å². The third-order valence-corrected chi connectivity index (χ3v) is 2.74. The SMILES string of the molecule is CCCC(=O)OCC(OC(=O)CCC)C(=O)C(=O)CC(C)C. The molecule has 0 rings (SSSR count). The number of carbonyl (C=O) groups is 4. The van der Waals surface area contributed by atoms with Crippen LogP contribution in [0.25, 0.3) is 0 Å². The lowest BCUT2D eigenvalue weighted by Crippen LogP contribution is -2.37. The van der Waals surface area contributed by atoms with E-state index >= 15 is 0 Å². The second-order valence-electron chi connectivity index (χ2n) is 5.55. The maximum atomic E-state index is 12.1. The van der Waals surface area contributed by atoms with Crippen LogP contribution in [0.4, 0.5) is 0 Å². The quantitative estimate of drug-likeness (QED) is 0.429. The zero-order valence-corrected chi connectivity index (χ0v) is 13.8. The van der Waals surface area contributed by atoms with Crippen LogP contribution in [0.3, 0.4) is 0 Å². The van der Waals surface area contributed by atoms with Crippen LogP contribution in [-0.2, 0) is 28.7 Å². The van der Waals surface area contributed by atoms with E-state index in [0.717, 1.165) is 0 Å². The summed E-state index contributed by atoms with van der Waals surface area (Å²) >= 11 is 0. The number of Topliss-reactive ketones (excluding diaryl/α,β-unsaturated/α-hetero) is 2. The monoisotopic (exact) mass is 314 g/mol. The molecular weight excluding hydrogens is 288 g/mol. The Morgan fingerprint density at radius 3 is 1.95 bits per heavy atom. The summed E-state index contributed by atoms with van der Waals surface area (Å²) < 4.78 is 9.91. The van der Waals surface area contributed by atoms with E-state index in [-0.39, 0.29) is 25.2 Å². The van der Waals surface area contributed by atoms with Crippen molar-refractivity contribution < 1.29 is 28.7 Å². The molecule has 0 aliphatic rings.